The Bertz CT molecular complexity index is 322. The van der Waals surface area contributed by atoms with Crippen molar-refractivity contribution in [3.05, 3.63) is 18.2 Å². The summed E-state index contributed by atoms with van der Waals surface area (Å²) in [7, 11) is 4.21. The van der Waals surface area contributed by atoms with Crippen LogP contribution in [-0.4, -0.2) is 40.6 Å². The number of aryl methyl sites for hydroxylation is 1. The largest absolute Gasteiger partial charge is 0.334 e. The Labute approximate surface area is 105 Å². The smallest absolute Gasteiger partial charge is 0.122 e. The Kier molecular flexibility index (Phi) is 5.15. The van der Waals surface area contributed by atoms with Crippen LogP contribution in [0, 0.1) is 0 Å². The predicted molar refractivity (Wildman–Crippen MR) is 72.0 cm³/mol. The normalized spacial score (nSPS) is 12.4. The predicted octanol–water partition coefficient (Wildman–Crippen LogP) is 1.72. The first-order chi connectivity index (χ1) is 7.88. The highest BCUT2D eigenvalue weighted by Crippen LogP contribution is 2.04. The monoisotopic (exact) mass is 238 g/mol. The van der Waals surface area contributed by atoms with E-state index in [1.54, 1.807) is 0 Å². The molecule has 1 aromatic heterocycles. The average Bonchev–Trinajstić information content (AvgIpc) is 2.61. The zero-order valence-corrected chi connectivity index (χ0v) is 11.8. The minimum absolute atomic E-state index is 0.139. The molecule has 1 N–H and O–H groups in total. The number of aromatic nitrogens is 2. The van der Waals surface area contributed by atoms with Gasteiger partial charge in [0.25, 0.3) is 0 Å². The van der Waals surface area contributed by atoms with E-state index in [2.05, 4.69) is 60.8 Å². The first-order valence-corrected chi connectivity index (χ1v) is 6.28. The molecular weight excluding hydrogens is 212 g/mol. The number of nitrogens with zero attached hydrogens (tertiary/aromatic N) is 3. The second kappa shape index (κ2) is 6.17. The topological polar surface area (TPSA) is 33.1 Å². The standard InChI is InChI=1S/C13H26N4/c1-13(2,3)15-11-12-14-7-10-17(12)9-6-8-16(4)5/h7,10,15H,6,8-9,11H2,1-5H3. The lowest BCUT2D eigenvalue weighted by atomic mass is 10.1. The highest BCUT2D eigenvalue weighted by molar-refractivity contribution is 4.93. The molecule has 0 fully saturated rings. The van der Waals surface area contributed by atoms with E-state index in [1.807, 2.05) is 6.20 Å². The third-order valence-corrected chi connectivity index (χ3v) is 2.58. The zero-order valence-electron chi connectivity index (χ0n) is 11.8. The molecule has 1 rings (SSSR count). The van der Waals surface area contributed by atoms with Crippen LogP contribution in [0.15, 0.2) is 12.4 Å². The van der Waals surface area contributed by atoms with E-state index in [9.17, 15) is 0 Å². The van der Waals surface area contributed by atoms with E-state index in [-0.39, 0.29) is 5.54 Å². The maximum Gasteiger partial charge on any atom is 0.122 e. The molecule has 0 aliphatic carbocycles. The van der Waals surface area contributed by atoms with E-state index in [1.165, 1.54) is 0 Å². The Morgan fingerprint density at radius 1 is 1.35 bits per heavy atom. The molecule has 0 radical (unpaired) electrons. The fourth-order valence-corrected chi connectivity index (χ4v) is 1.61. The van der Waals surface area contributed by atoms with Crippen LogP contribution in [0.2, 0.25) is 0 Å². The maximum atomic E-state index is 4.40. The van der Waals surface area contributed by atoms with Gasteiger partial charge in [-0.15, -0.1) is 0 Å². The van der Waals surface area contributed by atoms with Gasteiger partial charge >= 0.3 is 0 Å². The molecule has 0 aliphatic heterocycles. The van der Waals surface area contributed by atoms with Crippen molar-refractivity contribution in [2.75, 3.05) is 20.6 Å². The van der Waals surface area contributed by atoms with Crippen molar-refractivity contribution in [3.8, 4) is 0 Å². The molecule has 0 atom stereocenters. The number of rotatable bonds is 6. The van der Waals surface area contributed by atoms with Crippen molar-refractivity contribution < 1.29 is 0 Å². The van der Waals surface area contributed by atoms with Crippen molar-refractivity contribution in [2.45, 2.75) is 45.8 Å². The van der Waals surface area contributed by atoms with E-state index in [4.69, 9.17) is 0 Å². The molecule has 0 bridgehead atoms. The van der Waals surface area contributed by atoms with Gasteiger partial charge < -0.3 is 14.8 Å². The van der Waals surface area contributed by atoms with Gasteiger partial charge in [0.05, 0.1) is 6.54 Å². The molecule has 0 unspecified atom stereocenters. The molecule has 0 spiro atoms. The zero-order chi connectivity index (χ0) is 12.9. The Balaban J connectivity index is 2.43. The van der Waals surface area contributed by atoms with Gasteiger partial charge in [0.15, 0.2) is 0 Å². The second-order valence-electron chi connectivity index (χ2n) is 5.80. The van der Waals surface area contributed by atoms with E-state index < -0.39 is 0 Å². The number of hydrogen-bond acceptors (Lipinski definition) is 3. The van der Waals surface area contributed by atoms with Crippen LogP contribution in [0.25, 0.3) is 0 Å². The van der Waals surface area contributed by atoms with E-state index in [0.717, 1.165) is 31.9 Å². The molecule has 98 valence electrons. The van der Waals surface area contributed by atoms with Crippen molar-refractivity contribution in [3.63, 3.8) is 0 Å². The molecule has 0 aliphatic rings. The summed E-state index contributed by atoms with van der Waals surface area (Å²) >= 11 is 0. The van der Waals surface area contributed by atoms with Gasteiger partial charge in [-0.2, -0.15) is 0 Å². The third kappa shape index (κ3) is 5.84. The summed E-state index contributed by atoms with van der Waals surface area (Å²) in [5.41, 5.74) is 0.139. The van der Waals surface area contributed by atoms with Gasteiger partial charge in [-0.3, -0.25) is 0 Å². The quantitative estimate of drug-likeness (QED) is 0.819. The summed E-state index contributed by atoms with van der Waals surface area (Å²) in [4.78, 5) is 6.62. The summed E-state index contributed by atoms with van der Waals surface area (Å²) in [6.07, 6.45) is 5.11. The lowest BCUT2D eigenvalue weighted by molar-refractivity contribution is 0.378. The highest BCUT2D eigenvalue weighted by Gasteiger charge is 2.10. The van der Waals surface area contributed by atoms with Crippen LogP contribution in [0.1, 0.15) is 33.0 Å². The molecule has 17 heavy (non-hydrogen) atoms. The van der Waals surface area contributed by atoms with Crippen molar-refractivity contribution in [2.24, 2.45) is 0 Å². The van der Waals surface area contributed by atoms with Gasteiger partial charge in [-0.25, -0.2) is 4.98 Å². The van der Waals surface area contributed by atoms with Crippen molar-refractivity contribution >= 4 is 0 Å². The summed E-state index contributed by atoms with van der Waals surface area (Å²) in [6, 6.07) is 0. The first kappa shape index (κ1) is 14.2. The second-order valence-corrected chi connectivity index (χ2v) is 5.80. The van der Waals surface area contributed by atoms with Crippen LogP contribution in [0.3, 0.4) is 0 Å². The Hall–Kier alpha value is -0.870. The molecule has 1 heterocycles. The molecule has 1 aromatic rings. The van der Waals surface area contributed by atoms with Gasteiger partial charge in [0, 0.05) is 24.5 Å². The van der Waals surface area contributed by atoms with E-state index >= 15 is 0 Å². The Morgan fingerprint density at radius 3 is 2.65 bits per heavy atom. The first-order valence-electron chi connectivity index (χ1n) is 6.28. The molecule has 0 amide bonds. The molecule has 0 aromatic carbocycles. The minimum Gasteiger partial charge on any atom is -0.334 e. The summed E-state index contributed by atoms with van der Waals surface area (Å²) in [6.45, 7) is 9.51. The fraction of sp³-hybridized carbons (Fsp3) is 0.769. The molecule has 4 nitrogen and oxygen atoms in total. The van der Waals surface area contributed by atoms with Crippen LogP contribution >= 0.6 is 0 Å². The van der Waals surface area contributed by atoms with Gasteiger partial charge in [0.1, 0.15) is 5.82 Å². The van der Waals surface area contributed by atoms with E-state index in [0.29, 0.717) is 0 Å². The molecule has 4 heteroatoms. The van der Waals surface area contributed by atoms with Crippen LogP contribution in [-0.2, 0) is 13.1 Å². The number of hydrogen-bond donors (Lipinski definition) is 1. The van der Waals surface area contributed by atoms with Crippen molar-refractivity contribution in [1.82, 2.24) is 19.8 Å². The van der Waals surface area contributed by atoms with Crippen LogP contribution in [0.4, 0.5) is 0 Å². The minimum atomic E-state index is 0.139. The number of imidazole rings is 1. The maximum absolute atomic E-state index is 4.40. The molecular formula is C13H26N4. The van der Waals surface area contributed by atoms with Crippen LogP contribution < -0.4 is 5.32 Å². The lowest BCUT2D eigenvalue weighted by Crippen LogP contribution is -2.36. The summed E-state index contributed by atoms with van der Waals surface area (Å²) in [5, 5.41) is 3.47. The highest BCUT2D eigenvalue weighted by atomic mass is 15.1. The van der Waals surface area contributed by atoms with Gasteiger partial charge in [-0.05, 0) is 47.8 Å². The fourth-order valence-electron chi connectivity index (χ4n) is 1.61. The van der Waals surface area contributed by atoms with Crippen LogP contribution in [0.5, 0.6) is 0 Å². The summed E-state index contributed by atoms with van der Waals surface area (Å²) < 4.78 is 2.24. The SMILES string of the molecule is CN(C)CCCn1ccnc1CNC(C)(C)C. The number of nitrogens with one attached hydrogen (secondary N) is 1. The average molecular weight is 238 g/mol. The van der Waals surface area contributed by atoms with Crippen molar-refractivity contribution in [1.29, 1.82) is 0 Å². The molecule has 0 saturated carbocycles. The molecule has 0 saturated heterocycles. The lowest BCUT2D eigenvalue weighted by Gasteiger charge is -2.20. The van der Waals surface area contributed by atoms with Gasteiger partial charge in [0.2, 0.25) is 0 Å². The summed E-state index contributed by atoms with van der Waals surface area (Å²) in [5.74, 6) is 1.12. The van der Waals surface area contributed by atoms with Gasteiger partial charge in [-0.1, -0.05) is 0 Å². The third-order valence-electron chi connectivity index (χ3n) is 2.58. The Morgan fingerprint density at radius 2 is 2.06 bits per heavy atom.